The van der Waals surface area contributed by atoms with Crippen molar-refractivity contribution in [3.63, 3.8) is 0 Å². The van der Waals surface area contributed by atoms with Gasteiger partial charge < -0.3 is 4.74 Å². The van der Waals surface area contributed by atoms with Crippen LogP contribution in [0.1, 0.15) is 21.5 Å². The Morgan fingerprint density at radius 2 is 1.96 bits per heavy atom. The van der Waals surface area contributed by atoms with Crippen LogP contribution >= 0.6 is 0 Å². The number of carbonyl (C=O) groups is 1. The maximum absolute atomic E-state index is 11.9. The summed E-state index contributed by atoms with van der Waals surface area (Å²) >= 11 is 0. The molecule has 0 saturated heterocycles. The number of amides is 1. The number of hydrogen-bond acceptors (Lipinski definition) is 5. The second-order valence-corrected chi connectivity index (χ2v) is 4.75. The molecule has 0 fully saturated rings. The van der Waals surface area contributed by atoms with Gasteiger partial charge in [-0.05, 0) is 31.2 Å². The average molecular weight is 313 g/mol. The smallest absolute Gasteiger partial charge is 0.311 e. The minimum atomic E-state index is -0.541. The first-order valence-electron chi connectivity index (χ1n) is 6.74. The van der Waals surface area contributed by atoms with E-state index in [-0.39, 0.29) is 17.3 Å². The first kappa shape index (κ1) is 16.2. The van der Waals surface area contributed by atoms with Crippen LogP contribution in [0.15, 0.2) is 47.6 Å². The Bertz CT molecular complexity index is 754. The van der Waals surface area contributed by atoms with E-state index in [1.54, 1.807) is 18.2 Å². The number of ether oxygens (including phenoxy) is 1. The zero-order valence-corrected chi connectivity index (χ0v) is 12.6. The molecule has 7 nitrogen and oxygen atoms in total. The summed E-state index contributed by atoms with van der Waals surface area (Å²) in [5.74, 6) is -0.194. The molecule has 0 saturated carbocycles. The summed E-state index contributed by atoms with van der Waals surface area (Å²) in [5, 5.41) is 14.7. The van der Waals surface area contributed by atoms with Gasteiger partial charge >= 0.3 is 5.69 Å². The molecule has 1 N–H and O–H groups in total. The molecule has 0 aliphatic heterocycles. The van der Waals surface area contributed by atoms with Crippen molar-refractivity contribution in [1.29, 1.82) is 0 Å². The summed E-state index contributed by atoms with van der Waals surface area (Å²) in [4.78, 5) is 22.3. The van der Waals surface area contributed by atoms with E-state index in [0.29, 0.717) is 11.1 Å². The minimum absolute atomic E-state index is 0.163. The molecule has 2 aromatic rings. The molecule has 1 amide bonds. The van der Waals surface area contributed by atoms with Crippen LogP contribution < -0.4 is 10.2 Å². The second kappa shape index (κ2) is 7.17. The van der Waals surface area contributed by atoms with Gasteiger partial charge in [0.05, 0.1) is 18.2 Å². The third-order valence-electron chi connectivity index (χ3n) is 3.09. The lowest BCUT2D eigenvalue weighted by molar-refractivity contribution is -0.385. The Morgan fingerprint density at radius 1 is 1.26 bits per heavy atom. The fourth-order valence-electron chi connectivity index (χ4n) is 1.86. The van der Waals surface area contributed by atoms with Gasteiger partial charge in [0.2, 0.25) is 0 Å². The van der Waals surface area contributed by atoms with Gasteiger partial charge in [0, 0.05) is 17.2 Å². The number of nitro groups is 1. The number of hydrogen-bond donors (Lipinski definition) is 1. The molecular formula is C16H15N3O4. The molecule has 23 heavy (non-hydrogen) atoms. The fraction of sp³-hybridized carbons (Fsp3) is 0.125. The predicted molar refractivity (Wildman–Crippen MR) is 85.9 cm³/mol. The molecule has 118 valence electrons. The monoisotopic (exact) mass is 313 g/mol. The van der Waals surface area contributed by atoms with Gasteiger partial charge in [0.25, 0.3) is 5.91 Å². The molecule has 2 rings (SSSR count). The Morgan fingerprint density at radius 3 is 2.57 bits per heavy atom. The lowest BCUT2D eigenvalue weighted by Crippen LogP contribution is -2.17. The minimum Gasteiger partial charge on any atom is -0.490 e. The lowest BCUT2D eigenvalue weighted by Gasteiger charge is -2.02. The molecule has 0 atom stereocenters. The quantitative estimate of drug-likeness (QED) is 0.521. The molecule has 0 heterocycles. The van der Waals surface area contributed by atoms with Gasteiger partial charge in [-0.2, -0.15) is 5.10 Å². The van der Waals surface area contributed by atoms with Gasteiger partial charge in [-0.15, -0.1) is 0 Å². The fourth-order valence-corrected chi connectivity index (χ4v) is 1.86. The van der Waals surface area contributed by atoms with Crippen molar-refractivity contribution in [1.82, 2.24) is 5.43 Å². The number of benzene rings is 2. The molecule has 0 spiro atoms. The van der Waals surface area contributed by atoms with E-state index in [0.717, 1.165) is 5.56 Å². The Balaban J connectivity index is 2.08. The number of methoxy groups -OCH3 is 1. The third kappa shape index (κ3) is 4.13. The SMILES string of the molecule is COc1ccc(/C=N/NC(=O)c2ccc(C)cc2)cc1[N+](=O)[O-]. The highest BCUT2D eigenvalue weighted by Crippen LogP contribution is 2.26. The van der Waals surface area contributed by atoms with E-state index in [1.807, 2.05) is 19.1 Å². The Labute approximate surface area is 132 Å². The molecule has 7 heteroatoms. The number of aryl methyl sites for hydroxylation is 1. The van der Waals surface area contributed by atoms with Gasteiger partial charge in [0.15, 0.2) is 5.75 Å². The normalized spacial score (nSPS) is 10.5. The largest absolute Gasteiger partial charge is 0.490 e. The van der Waals surface area contributed by atoms with Crippen LogP contribution in [0.25, 0.3) is 0 Å². The van der Waals surface area contributed by atoms with Crippen molar-refractivity contribution in [2.24, 2.45) is 5.10 Å². The van der Waals surface area contributed by atoms with Gasteiger partial charge in [-0.1, -0.05) is 17.7 Å². The molecule has 2 aromatic carbocycles. The van der Waals surface area contributed by atoms with E-state index >= 15 is 0 Å². The first-order chi connectivity index (χ1) is 11.0. The van der Waals surface area contributed by atoms with Crippen LogP contribution in [-0.2, 0) is 0 Å². The molecule has 0 bridgehead atoms. The van der Waals surface area contributed by atoms with Crippen LogP contribution in [-0.4, -0.2) is 24.2 Å². The molecule has 0 aromatic heterocycles. The van der Waals surface area contributed by atoms with Crippen LogP contribution in [0.2, 0.25) is 0 Å². The number of carbonyl (C=O) groups excluding carboxylic acids is 1. The van der Waals surface area contributed by atoms with E-state index in [4.69, 9.17) is 4.74 Å². The number of nitrogens with zero attached hydrogens (tertiary/aromatic N) is 2. The summed E-state index contributed by atoms with van der Waals surface area (Å²) in [7, 11) is 1.36. The van der Waals surface area contributed by atoms with Crippen molar-refractivity contribution in [3.05, 3.63) is 69.3 Å². The van der Waals surface area contributed by atoms with E-state index in [2.05, 4.69) is 10.5 Å². The van der Waals surface area contributed by atoms with Crippen molar-refractivity contribution in [2.45, 2.75) is 6.92 Å². The van der Waals surface area contributed by atoms with Gasteiger partial charge in [-0.25, -0.2) is 5.43 Å². The topological polar surface area (TPSA) is 93.8 Å². The molecule has 0 aliphatic rings. The summed E-state index contributed by atoms with van der Waals surface area (Å²) in [6.45, 7) is 1.93. The number of hydrazone groups is 1. The number of nitrogens with one attached hydrogen (secondary N) is 1. The van der Waals surface area contributed by atoms with Crippen LogP contribution in [0.5, 0.6) is 5.75 Å². The van der Waals surface area contributed by atoms with Crippen LogP contribution in [0.3, 0.4) is 0 Å². The standard InChI is InChI=1S/C16H15N3O4/c1-11-3-6-13(7-4-11)16(20)18-17-10-12-5-8-15(23-2)14(9-12)19(21)22/h3-10H,1-2H3,(H,18,20)/b17-10+. The summed E-state index contributed by atoms with van der Waals surface area (Å²) in [6.07, 6.45) is 1.33. The maximum atomic E-state index is 11.9. The van der Waals surface area contributed by atoms with Crippen molar-refractivity contribution in [3.8, 4) is 5.75 Å². The highest BCUT2D eigenvalue weighted by Gasteiger charge is 2.14. The summed E-state index contributed by atoms with van der Waals surface area (Å²) < 4.78 is 4.92. The van der Waals surface area contributed by atoms with E-state index in [9.17, 15) is 14.9 Å². The summed E-state index contributed by atoms with van der Waals surface area (Å²) in [5.41, 5.74) is 4.21. The van der Waals surface area contributed by atoms with Crippen molar-refractivity contribution >= 4 is 17.8 Å². The summed E-state index contributed by atoms with van der Waals surface area (Å²) in [6, 6.07) is 11.4. The van der Waals surface area contributed by atoms with Gasteiger partial charge in [-0.3, -0.25) is 14.9 Å². The predicted octanol–water partition coefficient (Wildman–Crippen LogP) is 2.68. The lowest BCUT2D eigenvalue weighted by atomic mass is 10.1. The number of rotatable bonds is 5. The highest BCUT2D eigenvalue weighted by molar-refractivity contribution is 5.95. The van der Waals surface area contributed by atoms with Crippen LogP contribution in [0, 0.1) is 17.0 Å². The maximum Gasteiger partial charge on any atom is 0.311 e. The van der Waals surface area contributed by atoms with E-state index in [1.165, 1.54) is 25.5 Å². The Kier molecular flexibility index (Phi) is 5.03. The second-order valence-electron chi connectivity index (χ2n) is 4.75. The molecule has 0 radical (unpaired) electrons. The zero-order valence-electron chi connectivity index (χ0n) is 12.6. The molecule has 0 unspecified atom stereocenters. The molecule has 0 aliphatic carbocycles. The highest BCUT2D eigenvalue weighted by atomic mass is 16.6. The van der Waals surface area contributed by atoms with Crippen LogP contribution in [0.4, 0.5) is 5.69 Å². The third-order valence-corrected chi connectivity index (χ3v) is 3.09. The first-order valence-corrected chi connectivity index (χ1v) is 6.74. The van der Waals surface area contributed by atoms with Crippen molar-refractivity contribution in [2.75, 3.05) is 7.11 Å². The van der Waals surface area contributed by atoms with Gasteiger partial charge in [0.1, 0.15) is 0 Å². The van der Waals surface area contributed by atoms with E-state index < -0.39 is 4.92 Å². The zero-order chi connectivity index (χ0) is 16.8. The van der Waals surface area contributed by atoms with Crippen molar-refractivity contribution < 1.29 is 14.5 Å². The average Bonchev–Trinajstić information content (AvgIpc) is 2.55. The number of nitro benzene ring substituents is 1. The Hall–Kier alpha value is -3.22. The molecular weight excluding hydrogens is 298 g/mol.